The van der Waals surface area contributed by atoms with E-state index in [2.05, 4.69) is 0 Å². The number of phenolic OH excluding ortho intramolecular Hbond substituents is 1. The lowest BCUT2D eigenvalue weighted by atomic mass is 10.2. The van der Waals surface area contributed by atoms with E-state index in [0.717, 1.165) is 5.56 Å². The molecule has 0 amide bonds. The third kappa shape index (κ3) is 2.76. The monoisotopic (exact) mass is 164 g/mol. The molecule has 0 atom stereocenters. The quantitative estimate of drug-likeness (QED) is 0.715. The maximum absolute atomic E-state index is 8.96. The number of aliphatic hydroxyl groups is 1. The van der Waals surface area contributed by atoms with Crippen LogP contribution in [0.2, 0.25) is 0 Å². The van der Waals surface area contributed by atoms with Gasteiger partial charge in [0.1, 0.15) is 5.75 Å². The standard InChI is InChI=1S/C10H12O2/c11-8-2-1-3-9-4-6-10(12)7-5-9/h1,3-7,11-12H,2,8H2. The van der Waals surface area contributed by atoms with Gasteiger partial charge in [-0.3, -0.25) is 0 Å². The van der Waals surface area contributed by atoms with Crippen LogP contribution in [0, 0.1) is 0 Å². The van der Waals surface area contributed by atoms with Crippen molar-refractivity contribution in [3.63, 3.8) is 0 Å². The number of phenols is 1. The van der Waals surface area contributed by atoms with Gasteiger partial charge in [-0.15, -0.1) is 0 Å². The van der Waals surface area contributed by atoms with Gasteiger partial charge in [-0.25, -0.2) is 0 Å². The van der Waals surface area contributed by atoms with Gasteiger partial charge >= 0.3 is 0 Å². The number of rotatable bonds is 3. The Morgan fingerprint density at radius 3 is 2.42 bits per heavy atom. The Balaban J connectivity index is 2.58. The van der Waals surface area contributed by atoms with Crippen molar-refractivity contribution in [1.82, 2.24) is 0 Å². The second-order valence-electron chi connectivity index (χ2n) is 2.51. The first kappa shape index (κ1) is 8.81. The lowest BCUT2D eigenvalue weighted by Gasteiger charge is -1.93. The van der Waals surface area contributed by atoms with Gasteiger partial charge in [0.15, 0.2) is 0 Å². The maximum Gasteiger partial charge on any atom is 0.115 e. The van der Waals surface area contributed by atoms with Gasteiger partial charge in [-0.05, 0) is 24.1 Å². The first-order valence-electron chi connectivity index (χ1n) is 3.89. The highest BCUT2D eigenvalue weighted by molar-refractivity contribution is 5.50. The van der Waals surface area contributed by atoms with E-state index in [1.807, 2.05) is 24.3 Å². The number of hydrogen-bond donors (Lipinski definition) is 2. The van der Waals surface area contributed by atoms with Gasteiger partial charge in [-0.1, -0.05) is 24.3 Å². The van der Waals surface area contributed by atoms with Gasteiger partial charge < -0.3 is 10.2 Å². The lowest BCUT2D eigenvalue weighted by Crippen LogP contribution is -1.75. The highest BCUT2D eigenvalue weighted by Gasteiger charge is 1.86. The molecule has 0 saturated carbocycles. The molecule has 1 rings (SSSR count). The van der Waals surface area contributed by atoms with Crippen LogP contribution in [0.25, 0.3) is 6.08 Å². The Morgan fingerprint density at radius 1 is 1.17 bits per heavy atom. The zero-order chi connectivity index (χ0) is 8.81. The maximum atomic E-state index is 8.96. The Bertz CT molecular complexity index is 249. The van der Waals surface area contributed by atoms with Crippen molar-refractivity contribution >= 4 is 6.08 Å². The zero-order valence-electron chi connectivity index (χ0n) is 6.77. The SMILES string of the molecule is OCCC=Cc1ccc(O)cc1. The van der Waals surface area contributed by atoms with Crippen LogP contribution < -0.4 is 0 Å². The second kappa shape index (κ2) is 4.57. The average molecular weight is 164 g/mol. The first-order chi connectivity index (χ1) is 5.83. The fourth-order valence-electron chi connectivity index (χ4n) is 0.879. The van der Waals surface area contributed by atoms with Crippen LogP contribution in [0.4, 0.5) is 0 Å². The van der Waals surface area contributed by atoms with Crippen molar-refractivity contribution < 1.29 is 10.2 Å². The predicted molar refractivity (Wildman–Crippen MR) is 48.8 cm³/mol. The van der Waals surface area contributed by atoms with Crippen LogP contribution in [0.5, 0.6) is 5.75 Å². The molecule has 0 radical (unpaired) electrons. The molecular formula is C10H12O2. The molecule has 2 nitrogen and oxygen atoms in total. The van der Waals surface area contributed by atoms with Crippen LogP contribution in [0.3, 0.4) is 0 Å². The minimum atomic E-state index is 0.175. The molecule has 0 heterocycles. The third-order valence-corrected chi connectivity index (χ3v) is 1.50. The molecular weight excluding hydrogens is 152 g/mol. The molecule has 0 unspecified atom stereocenters. The summed E-state index contributed by atoms with van der Waals surface area (Å²) in [5, 5.41) is 17.5. The normalized spacial score (nSPS) is 10.8. The highest BCUT2D eigenvalue weighted by Crippen LogP contribution is 2.10. The number of hydrogen-bond acceptors (Lipinski definition) is 2. The van der Waals surface area contributed by atoms with E-state index in [1.165, 1.54) is 0 Å². The number of aliphatic hydroxyl groups excluding tert-OH is 1. The Hall–Kier alpha value is -1.28. The minimum Gasteiger partial charge on any atom is -0.508 e. The lowest BCUT2D eigenvalue weighted by molar-refractivity contribution is 0.303. The van der Waals surface area contributed by atoms with Crippen molar-refractivity contribution in [2.45, 2.75) is 6.42 Å². The molecule has 0 bridgehead atoms. The number of benzene rings is 1. The summed E-state index contributed by atoms with van der Waals surface area (Å²) in [5.41, 5.74) is 1.03. The van der Waals surface area contributed by atoms with Crippen LogP contribution in [0.15, 0.2) is 30.3 Å². The van der Waals surface area contributed by atoms with Crippen molar-refractivity contribution in [3.8, 4) is 5.75 Å². The van der Waals surface area contributed by atoms with E-state index < -0.39 is 0 Å². The molecule has 0 aromatic heterocycles. The van der Waals surface area contributed by atoms with E-state index in [4.69, 9.17) is 10.2 Å². The predicted octanol–water partition coefficient (Wildman–Crippen LogP) is 1.79. The molecule has 0 aliphatic rings. The van der Waals surface area contributed by atoms with Gasteiger partial charge in [0.25, 0.3) is 0 Å². The fraction of sp³-hybridized carbons (Fsp3) is 0.200. The van der Waals surface area contributed by atoms with E-state index in [1.54, 1.807) is 12.1 Å². The smallest absolute Gasteiger partial charge is 0.115 e. The van der Waals surface area contributed by atoms with Crippen molar-refractivity contribution in [2.24, 2.45) is 0 Å². The van der Waals surface area contributed by atoms with Crippen molar-refractivity contribution in [2.75, 3.05) is 6.61 Å². The molecule has 0 saturated heterocycles. The van der Waals surface area contributed by atoms with E-state index in [9.17, 15) is 0 Å². The van der Waals surface area contributed by atoms with Crippen LogP contribution in [-0.2, 0) is 0 Å². The topological polar surface area (TPSA) is 40.5 Å². The molecule has 0 spiro atoms. The summed E-state index contributed by atoms with van der Waals surface area (Å²) in [6, 6.07) is 6.92. The zero-order valence-corrected chi connectivity index (χ0v) is 6.77. The van der Waals surface area contributed by atoms with Crippen LogP contribution in [-0.4, -0.2) is 16.8 Å². The number of aromatic hydroxyl groups is 1. The second-order valence-corrected chi connectivity index (χ2v) is 2.51. The summed E-state index contributed by atoms with van der Waals surface area (Å²) in [5.74, 6) is 0.273. The third-order valence-electron chi connectivity index (χ3n) is 1.50. The van der Waals surface area contributed by atoms with E-state index in [0.29, 0.717) is 6.42 Å². The molecule has 2 N–H and O–H groups in total. The molecule has 12 heavy (non-hydrogen) atoms. The summed E-state index contributed by atoms with van der Waals surface area (Å²) in [7, 11) is 0. The molecule has 2 heteroatoms. The van der Waals surface area contributed by atoms with Gasteiger partial charge in [-0.2, -0.15) is 0 Å². The first-order valence-corrected chi connectivity index (χ1v) is 3.89. The summed E-state index contributed by atoms with van der Waals surface area (Å²) in [6.07, 6.45) is 4.48. The van der Waals surface area contributed by atoms with E-state index in [-0.39, 0.29) is 12.4 Å². The molecule has 1 aromatic rings. The minimum absolute atomic E-state index is 0.175. The Kier molecular flexibility index (Phi) is 3.35. The van der Waals surface area contributed by atoms with Gasteiger partial charge in [0, 0.05) is 6.61 Å². The van der Waals surface area contributed by atoms with Crippen LogP contribution >= 0.6 is 0 Å². The molecule has 0 aliphatic carbocycles. The molecule has 64 valence electrons. The average Bonchev–Trinajstić information content (AvgIpc) is 2.09. The molecule has 0 fully saturated rings. The fourth-order valence-corrected chi connectivity index (χ4v) is 0.879. The van der Waals surface area contributed by atoms with Gasteiger partial charge in [0.2, 0.25) is 0 Å². The molecule has 1 aromatic carbocycles. The van der Waals surface area contributed by atoms with Crippen molar-refractivity contribution in [1.29, 1.82) is 0 Å². The summed E-state index contributed by atoms with van der Waals surface area (Å²) in [6.45, 7) is 0.175. The van der Waals surface area contributed by atoms with E-state index >= 15 is 0 Å². The van der Waals surface area contributed by atoms with Crippen LogP contribution in [0.1, 0.15) is 12.0 Å². The Morgan fingerprint density at radius 2 is 1.83 bits per heavy atom. The van der Waals surface area contributed by atoms with Gasteiger partial charge in [0.05, 0.1) is 0 Å². The summed E-state index contributed by atoms with van der Waals surface area (Å²) < 4.78 is 0. The largest absolute Gasteiger partial charge is 0.508 e. The summed E-state index contributed by atoms with van der Waals surface area (Å²) >= 11 is 0. The highest BCUT2D eigenvalue weighted by atomic mass is 16.3. The molecule has 0 aliphatic heterocycles. The summed E-state index contributed by atoms with van der Waals surface area (Å²) in [4.78, 5) is 0. The van der Waals surface area contributed by atoms with Crippen molar-refractivity contribution in [3.05, 3.63) is 35.9 Å². The Labute approximate surface area is 71.8 Å².